The zero-order chi connectivity index (χ0) is 18.7. The molecule has 0 fully saturated rings. The average molecular weight is 362 g/mol. The molecule has 0 atom stereocenters. The van der Waals surface area contributed by atoms with Crippen molar-refractivity contribution in [2.24, 2.45) is 0 Å². The smallest absolute Gasteiger partial charge is 0.261 e. The molecule has 0 aliphatic carbocycles. The Morgan fingerprint density at radius 2 is 1.60 bits per heavy atom. The monoisotopic (exact) mass is 361 g/mol. The summed E-state index contributed by atoms with van der Waals surface area (Å²) in [6, 6.07) is 10.6. The second kappa shape index (κ2) is 7.44. The highest BCUT2D eigenvalue weighted by Gasteiger charge is 2.18. The number of nitrogens with one attached hydrogen (secondary N) is 1. The topological polar surface area (TPSA) is 62.3 Å². The fourth-order valence-electron chi connectivity index (χ4n) is 2.53. The van der Waals surface area contributed by atoms with Crippen LogP contribution in [0, 0.1) is 0 Å². The lowest BCUT2D eigenvalue weighted by Gasteiger charge is -2.20. The van der Waals surface area contributed by atoms with Crippen molar-refractivity contribution in [3.05, 3.63) is 48.2 Å². The maximum Gasteiger partial charge on any atom is 0.261 e. The minimum absolute atomic E-state index is 0.0140. The quantitative estimate of drug-likeness (QED) is 0.844. The van der Waals surface area contributed by atoms with Crippen LogP contribution in [0.15, 0.2) is 47.5 Å². The first-order chi connectivity index (χ1) is 11.7. The number of rotatable bonds is 6. The van der Waals surface area contributed by atoms with Crippen LogP contribution in [0.3, 0.4) is 0 Å². The summed E-state index contributed by atoms with van der Waals surface area (Å²) in [4.78, 5) is 6.69. The lowest BCUT2D eigenvalue weighted by Crippen LogP contribution is -2.23. The van der Waals surface area contributed by atoms with Crippen molar-refractivity contribution in [1.29, 1.82) is 0 Å². The first-order valence-corrected chi connectivity index (χ1v) is 10.00. The fraction of sp³-hybridized carbons (Fsp3) is 0.421. The number of aromatic nitrogens is 1. The van der Waals surface area contributed by atoms with Gasteiger partial charge in [-0.1, -0.05) is 32.9 Å². The molecule has 1 aromatic carbocycles. The van der Waals surface area contributed by atoms with Gasteiger partial charge in [-0.15, -0.1) is 0 Å². The van der Waals surface area contributed by atoms with Crippen molar-refractivity contribution in [2.45, 2.75) is 44.9 Å². The standard InChI is InChI=1S/C19H27N3O2S/c1-6-22(7-2)18-13-10-16(14-20-18)21-25(23,24)17-11-8-15(9-12-17)19(3,4)5/h8-14,21H,6-7H2,1-5H3. The van der Waals surface area contributed by atoms with E-state index < -0.39 is 10.0 Å². The van der Waals surface area contributed by atoms with Gasteiger partial charge >= 0.3 is 0 Å². The molecule has 1 N–H and O–H groups in total. The van der Waals surface area contributed by atoms with E-state index in [0.29, 0.717) is 5.69 Å². The van der Waals surface area contributed by atoms with Gasteiger partial charge in [0.15, 0.2) is 0 Å². The molecule has 0 saturated carbocycles. The van der Waals surface area contributed by atoms with E-state index in [2.05, 4.69) is 49.2 Å². The summed E-state index contributed by atoms with van der Waals surface area (Å²) < 4.78 is 27.7. The van der Waals surface area contributed by atoms with Gasteiger partial charge in [0.2, 0.25) is 0 Å². The van der Waals surface area contributed by atoms with Crippen LogP contribution in [-0.2, 0) is 15.4 Å². The molecule has 1 aromatic heterocycles. The third-order valence-corrected chi connectivity index (χ3v) is 5.52. The van der Waals surface area contributed by atoms with Crippen molar-refractivity contribution in [3.63, 3.8) is 0 Å². The van der Waals surface area contributed by atoms with Gasteiger partial charge < -0.3 is 4.90 Å². The molecule has 0 unspecified atom stereocenters. The van der Waals surface area contributed by atoms with Gasteiger partial charge in [0.25, 0.3) is 10.0 Å². The van der Waals surface area contributed by atoms with Crippen LogP contribution in [0.5, 0.6) is 0 Å². The fourth-order valence-corrected chi connectivity index (χ4v) is 3.57. The molecular weight excluding hydrogens is 334 g/mol. The molecule has 5 nitrogen and oxygen atoms in total. The molecule has 6 heteroatoms. The van der Waals surface area contributed by atoms with Crippen LogP contribution >= 0.6 is 0 Å². The molecule has 1 heterocycles. The Balaban J connectivity index is 2.18. The van der Waals surface area contributed by atoms with Gasteiger partial charge in [-0.3, -0.25) is 4.72 Å². The van der Waals surface area contributed by atoms with E-state index >= 15 is 0 Å². The Labute approximate surface area is 151 Å². The zero-order valence-corrected chi connectivity index (χ0v) is 16.4. The summed E-state index contributed by atoms with van der Waals surface area (Å²) in [6.07, 6.45) is 1.55. The molecule has 0 amide bonds. The molecule has 0 spiro atoms. The van der Waals surface area contributed by atoms with E-state index in [1.165, 1.54) is 0 Å². The van der Waals surface area contributed by atoms with Crippen molar-refractivity contribution in [2.75, 3.05) is 22.7 Å². The molecule has 0 aliphatic rings. The van der Waals surface area contributed by atoms with Gasteiger partial charge in [0, 0.05) is 13.1 Å². The van der Waals surface area contributed by atoms with Gasteiger partial charge in [-0.25, -0.2) is 13.4 Å². The van der Waals surface area contributed by atoms with E-state index in [4.69, 9.17) is 0 Å². The summed E-state index contributed by atoms with van der Waals surface area (Å²) in [6.45, 7) is 12.1. The summed E-state index contributed by atoms with van der Waals surface area (Å²) in [5.41, 5.74) is 1.53. The molecule has 25 heavy (non-hydrogen) atoms. The molecule has 0 bridgehead atoms. The highest BCUT2D eigenvalue weighted by atomic mass is 32.2. The van der Waals surface area contributed by atoms with Gasteiger partial charge in [-0.05, 0) is 49.1 Å². The van der Waals surface area contributed by atoms with Crippen molar-refractivity contribution >= 4 is 21.5 Å². The number of sulfonamides is 1. The largest absolute Gasteiger partial charge is 0.357 e. The van der Waals surface area contributed by atoms with Crippen LogP contribution in [0.4, 0.5) is 11.5 Å². The highest BCUT2D eigenvalue weighted by molar-refractivity contribution is 7.92. The maximum atomic E-state index is 12.5. The van der Waals surface area contributed by atoms with Crippen LogP contribution in [-0.4, -0.2) is 26.5 Å². The predicted octanol–water partition coefficient (Wildman–Crippen LogP) is 4.03. The third kappa shape index (κ3) is 4.72. The Kier molecular flexibility index (Phi) is 5.72. The average Bonchev–Trinajstić information content (AvgIpc) is 2.56. The van der Waals surface area contributed by atoms with E-state index in [0.717, 1.165) is 24.5 Å². The molecular formula is C19H27N3O2S. The van der Waals surface area contributed by atoms with E-state index in [9.17, 15) is 8.42 Å². The van der Waals surface area contributed by atoms with E-state index in [1.54, 1.807) is 24.4 Å². The van der Waals surface area contributed by atoms with Crippen LogP contribution < -0.4 is 9.62 Å². The highest BCUT2D eigenvalue weighted by Crippen LogP contribution is 2.24. The molecule has 0 saturated heterocycles. The number of hydrogen-bond donors (Lipinski definition) is 1. The summed E-state index contributed by atoms with van der Waals surface area (Å²) in [5.74, 6) is 0.836. The van der Waals surface area contributed by atoms with Crippen LogP contribution in [0.2, 0.25) is 0 Å². The van der Waals surface area contributed by atoms with Gasteiger partial charge in [-0.2, -0.15) is 0 Å². The second-order valence-corrected chi connectivity index (χ2v) is 8.64. The lowest BCUT2D eigenvalue weighted by atomic mass is 9.87. The molecule has 2 rings (SSSR count). The Bertz CT molecular complexity index is 788. The zero-order valence-electron chi connectivity index (χ0n) is 15.6. The summed E-state index contributed by atoms with van der Waals surface area (Å²) in [5, 5.41) is 0. The molecule has 136 valence electrons. The summed E-state index contributed by atoms with van der Waals surface area (Å²) >= 11 is 0. The van der Waals surface area contributed by atoms with Crippen molar-refractivity contribution in [3.8, 4) is 0 Å². The minimum Gasteiger partial charge on any atom is -0.357 e. The number of hydrogen-bond acceptors (Lipinski definition) is 4. The molecule has 0 radical (unpaired) electrons. The van der Waals surface area contributed by atoms with Gasteiger partial charge in [0.1, 0.15) is 5.82 Å². The minimum atomic E-state index is -3.62. The van der Waals surface area contributed by atoms with Crippen LogP contribution in [0.25, 0.3) is 0 Å². The number of nitrogens with zero attached hydrogens (tertiary/aromatic N) is 2. The SMILES string of the molecule is CCN(CC)c1ccc(NS(=O)(=O)c2ccc(C(C)(C)C)cc2)cn1. The second-order valence-electron chi connectivity index (χ2n) is 6.96. The van der Waals surface area contributed by atoms with Crippen LogP contribution in [0.1, 0.15) is 40.2 Å². The Hall–Kier alpha value is -2.08. The van der Waals surface area contributed by atoms with E-state index in [1.807, 2.05) is 18.2 Å². The Morgan fingerprint density at radius 1 is 1.00 bits per heavy atom. The Morgan fingerprint density at radius 3 is 2.04 bits per heavy atom. The lowest BCUT2D eigenvalue weighted by molar-refractivity contribution is 0.587. The van der Waals surface area contributed by atoms with Crippen molar-refractivity contribution in [1.82, 2.24) is 4.98 Å². The first kappa shape index (κ1) is 19.2. The maximum absolute atomic E-state index is 12.5. The number of benzene rings is 1. The third-order valence-electron chi connectivity index (χ3n) is 4.12. The number of pyridine rings is 1. The normalized spacial score (nSPS) is 12.0. The molecule has 0 aliphatic heterocycles. The summed E-state index contributed by atoms with van der Waals surface area (Å²) in [7, 11) is -3.62. The predicted molar refractivity (Wildman–Crippen MR) is 104 cm³/mol. The molecule has 2 aromatic rings. The van der Waals surface area contributed by atoms with Gasteiger partial charge in [0.05, 0.1) is 16.8 Å². The van der Waals surface area contributed by atoms with E-state index in [-0.39, 0.29) is 10.3 Å². The number of anilines is 2. The van der Waals surface area contributed by atoms with Crippen molar-refractivity contribution < 1.29 is 8.42 Å². The first-order valence-electron chi connectivity index (χ1n) is 8.51.